The Morgan fingerprint density at radius 2 is 1.88 bits per heavy atom. The van der Waals surface area contributed by atoms with Gasteiger partial charge in [0.05, 0.1) is 18.8 Å². The second-order valence-electron chi connectivity index (χ2n) is 4.68. The Balaban J connectivity index is 1.48. The van der Waals surface area contributed by atoms with Crippen molar-refractivity contribution in [2.75, 3.05) is 6.61 Å². The fourth-order valence-electron chi connectivity index (χ4n) is 2.12. The smallest absolute Gasteiger partial charge is 0.0842 e. The number of hydrogen-bond donors (Lipinski definition) is 0. The summed E-state index contributed by atoms with van der Waals surface area (Å²) in [6.07, 6.45) is 5.78. The fraction of sp³-hybridized carbons (Fsp3) is 0.600. The van der Waals surface area contributed by atoms with Gasteiger partial charge < -0.3 is 9.47 Å². The van der Waals surface area contributed by atoms with Gasteiger partial charge >= 0.3 is 0 Å². The molecular formula is C15H22O2. The van der Waals surface area contributed by atoms with Gasteiger partial charge in [-0.15, -0.1) is 0 Å². The Morgan fingerprint density at radius 3 is 2.65 bits per heavy atom. The largest absolute Gasteiger partial charge is 0.377 e. The highest BCUT2D eigenvalue weighted by Crippen LogP contribution is 2.30. The molecular weight excluding hydrogens is 212 g/mol. The molecule has 0 bridgehead atoms. The van der Waals surface area contributed by atoms with E-state index in [1.165, 1.54) is 18.4 Å². The monoisotopic (exact) mass is 234 g/mol. The summed E-state index contributed by atoms with van der Waals surface area (Å²) in [4.78, 5) is 0. The molecule has 2 nitrogen and oxygen atoms in total. The molecule has 0 unspecified atom stereocenters. The van der Waals surface area contributed by atoms with Crippen molar-refractivity contribution in [2.45, 2.75) is 51.4 Å². The zero-order valence-corrected chi connectivity index (χ0v) is 10.6. The Hall–Kier alpha value is -0.860. The lowest BCUT2D eigenvalue weighted by atomic mass is 10.1. The van der Waals surface area contributed by atoms with Gasteiger partial charge in [0.2, 0.25) is 0 Å². The predicted molar refractivity (Wildman–Crippen MR) is 68.9 cm³/mol. The van der Waals surface area contributed by atoms with Crippen molar-refractivity contribution in [1.82, 2.24) is 0 Å². The maximum absolute atomic E-state index is 5.64. The van der Waals surface area contributed by atoms with Crippen molar-refractivity contribution < 1.29 is 9.47 Å². The van der Waals surface area contributed by atoms with Crippen molar-refractivity contribution in [3.63, 3.8) is 0 Å². The maximum Gasteiger partial charge on any atom is 0.0842 e. The van der Waals surface area contributed by atoms with Gasteiger partial charge in [0.1, 0.15) is 0 Å². The number of hydrogen-bond acceptors (Lipinski definition) is 2. The van der Waals surface area contributed by atoms with Crippen LogP contribution < -0.4 is 0 Å². The van der Waals surface area contributed by atoms with Gasteiger partial charge in [-0.25, -0.2) is 0 Å². The molecule has 2 atom stereocenters. The SMILES string of the molecule is CCC[C@@H]1O[C@H]1CCCOCc1ccccc1. The fourth-order valence-corrected chi connectivity index (χ4v) is 2.12. The first-order chi connectivity index (χ1) is 8.40. The van der Waals surface area contributed by atoms with E-state index in [-0.39, 0.29) is 0 Å². The van der Waals surface area contributed by atoms with Crippen LogP contribution in [0.3, 0.4) is 0 Å². The van der Waals surface area contributed by atoms with Gasteiger partial charge in [-0.1, -0.05) is 43.7 Å². The summed E-state index contributed by atoms with van der Waals surface area (Å²) in [5.74, 6) is 0. The van der Waals surface area contributed by atoms with E-state index >= 15 is 0 Å². The summed E-state index contributed by atoms with van der Waals surface area (Å²) in [6.45, 7) is 3.78. The van der Waals surface area contributed by atoms with Gasteiger partial charge in [-0.3, -0.25) is 0 Å². The zero-order chi connectivity index (χ0) is 11.9. The molecule has 1 saturated heterocycles. The highest BCUT2D eigenvalue weighted by molar-refractivity contribution is 5.13. The quantitative estimate of drug-likeness (QED) is 0.507. The molecule has 0 saturated carbocycles. The molecule has 0 N–H and O–H groups in total. The molecule has 1 aromatic carbocycles. The third-order valence-electron chi connectivity index (χ3n) is 3.15. The third kappa shape index (κ3) is 4.49. The molecule has 0 aromatic heterocycles. The Morgan fingerprint density at radius 1 is 1.12 bits per heavy atom. The van der Waals surface area contributed by atoms with E-state index < -0.39 is 0 Å². The van der Waals surface area contributed by atoms with Crippen LogP contribution in [-0.2, 0) is 16.1 Å². The molecule has 1 aromatic rings. The molecule has 1 aliphatic heterocycles. The van der Waals surface area contributed by atoms with Crippen molar-refractivity contribution in [3.05, 3.63) is 35.9 Å². The van der Waals surface area contributed by atoms with Gasteiger partial charge in [-0.2, -0.15) is 0 Å². The van der Waals surface area contributed by atoms with Crippen LogP contribution in [-0.4, -0.2) is 18.8 Å². The lowest BCUT2D eigenvalue weighted by Crippen LogP contribution is -1.99. The van der Waals surface area contributed by atoms with Crippen LogP contribution >= 0.6 is 0 Å². The summed E-state index contributed by atoms with van der Waals surface area (Å²) in [5, 5.41) is 0. The Bertz CT molecular complexity index is 310. The van der Waals surface area contributed by atoms with Crippen LogP contribution in [0.4, 0.5) is 0 Å². The molecule has 1 fully saturated rings. The van der Waals surface area contributed by atoms with Crippen molar-refractivity contribution in [3.8, 4) is 0 Å². The van der Waals surface area contributed by atoms with E-state index in [0.29, 0.717) is 12.2 Å². The highest BCUT2D eigenvalue weighted by atomic mass is 16.6. The Labute approximate surface area is 104 Å². The van der Waals surface area contributed by atoms with Crippen LogP contribution in [0, 0.1) is 0 Å². The second-order valence-corrected chi connectivity index (χ2v) is 4.68. The number of benzene rings is 1. The molecule has 2 rings (SSSR count). The minimum absolute atomic E-state index is 0.523. The summed E-state index contributed by atoms with van der Waals surface area (Å²) >= 11 is 0. The molecule has 94 valence electrons. The molecule has 17 heavy (non-hydrogen) atoms. The first kappa shape index (κ1) is 12.6. The van der Waals surface area contributed by atoms with Crippen LogP contribution in [0.1, 0.15) is 38.2 Å². The van der Waals surface area contributed by atoms with Crippen LogP contribution in [0.2, 0.25) is 0 Å². The predicted octanol–water partition coefficient (Wildman–Crippen LogP) is 3.55. The van der Waals surface area contributed by atoms with Crippen LogP contribution in [0.15, 0.2) is 30.3 Å². The first-order valence-electron chi connectivity index (χ1n) is 6.67. The topological polar surface area (TPSA) is 21.8 Å². The molecule has 0 spiro atoms. The van der Waals surface area contributed by atoms with E-state index in [9.17, 15) is 0 Å². The van der Waals surface area contributed by atoms with Gasteiger partial charge in [0, 0.05) is 6.61 Å². The van der Waals surface area contributed by atoms with Crippen molar-refractivity contribution >= 4 is 0 Å². The summed E-state index contributed by atoms with van der Waals surface area (Å²) < 4.78 is 11.2. The lowest BCUT2D eigenvalue weighted by molar-refractivity contribution is 0.115. The van der Waals surface area contributed by atoms with E-state index in [1.54, 1.807) is 0 Å². The molecule has 0 amide bonds. The van der Waals surface area contributed by atoms with E-state index in [1.807, 2.05) is 18.2 Å². The van der Waals surface area contributed by atoms with Gasteiger partial charge in [-0.05, 0) is 24.8 Å². The first-order valence-corrected chi connectivity index (χ1v) is 6.67. The maximum atomic E-state index is 5.64. The average Bonchev–Trinajstić information content (AvgIpc) is 3.09. The zero-order valence-electron chi connectivity index (χ0n) is 10.6. The highest BCUT2D eigenvalue weighted by Gasteiger charge is 2.36. The second kappa shape index (κ2) is 6.77. The summed E-state index contributed by atoms with van der Waals surface area (Å²) in [5.41, 5.74) is 1.25. The van der Waals surface area contributed by atoms with E-state index in [2.05, 4.69) is 19.1 Å². The Kier molecular flexibility index (Phi) is 5.02. The molecule has 0 aliphatic carbocycles. The third-order valence-corrected chi connectivity index (χ3v) is 3.15. The van der Waals surface area contributed by atoms with Crippen LogP contribution in [0.25, 0.3) is 0 Å². The van der Waals surface area contributed by atoms with E-state index in [4.69, 9.17) is 9.47 Å². The van der Waals surface area contributed by atoms with Gasteiger partial charge in [0.15, 0.2) is 0 Å². The van der Waals surface area contributed by atoms with Crippen LogP contribution in [0.5, 0.6) is 0 Å². The van der Waals surface area contributed by atoms with Gasteiger partial charge in [0.25, 0.3) is 0 Å². The molecule has 0 radical (unpaired) electrons. The minimum Gasteiger partial charge on any atom is -0.377 e. The summed E-state index contributed by atoms with van der Waals surface area (Å²) in [7, 11) is 0. The van der Waals surface area contributed by atoms with E-state index in [0.717, 1.165) is 26.1 Å². The number of epoxide rings is 1. The number of rotatable bonds is 8. The molecule has 2 heteroatoms. The standard InChI is InChI=1S/C15H22O2/c1-2-7-14-15(17-14)10-6-11-16-12-13-8-4-3-5-9-13/h3-5,8-9,14-15H,2,6-7,10-12H2,1H3/t14-,15-/m0/s1. The van der Waals surface area contributed by atoms with Crippen molar-refractivity contribution in [2.24, 2.45) is 0 Å². The minimum atomic E-state index is 0.523. The summed E-state index contributed by atoms with van der Waals surface area (Å²) in [6, 6.07) is 10.3. The molecule has 1 aliphatic rings. The lowest BCUT2D eigenvalue weighted by Gasteiger charge is -2.03. The van der Waals surface area contributed by atoms with Crippen molar-refractivity contribution in [1.29, 1.82) is 0 Å². The average molecular weight is 234 g/mol. The number of ether oxygens (including phenoxy) is 2. The molecule has 1 heterocycles. The normalized spacial score (nSPS) is 22.6.